The molecule has 4 aromatic carbocycles. The van der Waals surface area contributed by atoms with Crippen LogP contribution in [0.15, 0.2) is 97.1 Å². The highest BCUT2D eigenvalue weighted by Crippen LogP contribution is 2.61. The predicted octanol–water partition coefficient (Wildman–Crippen LogP) is 6.65. The summed E-state index contributed by atoms with van der Waals surface area (Å²) in [4.78, 5) is 36.6. The average Bonchev–Trinajstić information content (AvgIpc) is 3.60. The van der Waals surface area contributed by atoms with Crippen molar-refractivity contribution in [2.24, 2.45) is 29.1 Å². The van der Waals surface area contributed by atoms with Crippen LogP contribution in [0.5, 0.6) is 5.75 Å². The summed E-state index contributed by atoms with van der Waals surface area (Å²) in [6.45, 7) is 8.80. The Balaban J connectivity index is 1.16. The SMILES string of the molecule is COc1c(CN2O[C@@H](CO)[C@@H]([C@H](C)O)[C@H]2C(=O)N[C@H]2C[C@@H]3C[C@@H]([C@@H]2C)C3(C)C)cccc1-c1cc(C(=O)NCC(c2ccccc2)c2ccccc2)cc(N(C)C)c1. The monoisotopic (exact) mass is 788 g/mol. The van der Waals surface area contributed by atoms with Gasteiger partial charge in [-0.25, -0.2) is 0 Å². The highest BCUT2D eigenvalue weighted by molar-refractivity contribution is 5.97. The lowest BCUT2D eigenvalue weighted by molar-refractivity contribution is -0.183. The lowest BCUT2D eigenvalue weighted by Gasteiger charge is -2.62. The first-order chi connectivity index (χ1) is 27.8. The molecular formula is C48H60N4O6. The number of methoxy groups -OCH3 is 1. The van der Waals surface area contributed by atoms with Gasteiger partial charge in [0.05, 0.1) is 26.4 Å². The summed E-state index contributed by atoms with van der Waals surface area (Å²) in [6.07, 6.45) is 0.457. The van der Waals surface area contributed by atoms with Crippen LogP contribution in [0.1, 0.15) is 73.5 Å². The Bertz CT molecular complexity index is 2020. The minimum absolute atomic E-state index is 0.0268. The van der Waals surface area contributed by atoms with E-state index >= 15 is 0 Å². The van der Waals surface area contributed by atoms with E-state index in [1.54, 1.807) is 19.1 Å². The number of benzene rings is 4. The number of para-hydroxylation sites is 1. The maximum absolute atomic E-state index is 14.3. The number of hydroxylamine groups is 2. The van der Waals surface area contributed by atoms with E-state index in [2.05, 4.69) is 55.7 Å². The zero-order valence-corrected chi connectivity index (χ0v) is 34.9. The van der Waals surface area contributed by atoms with Gasteiger partial charge in [-0.3, -0.25) is 14.4 Å². The number of rotatable bonds is 14. The number of nitrogens with zero attached hydrogens (tertiary/aromatic N) is 2. The second-order valence-corrected chi connectivity index (χ2v) is 17.5. The van der Waals surface area contributed by atoms with E-state index in [0.29, 0.717) is 35.6 Å². The van der Waals surface area contributed by atoms with E-state index < -0.39 is 24.2 Å². The second kappa shape index (κ2) is 17.2. The molecular weight excluding hydrogens is 729 g/mol. The van der Waals surface area contributed by atoms with Gasteiger partial charge in [0.25, 0.3) is 5.91 Å². The second-order valence-electron chi connectivity index (χ2n) is 17.5. The molecule has 0 radical (unpaired) electrons. The molecule has 1 heterocycles. The summed E-state index contributed by atoms with van der Waals surface area (Å²) < 4.78 is 6.12. The molecule has 10 heteroatoms. The molecule has 8 rings (SSSR count). The highest BCUT2D eigenvalue weighted by atomic mass is 16.7. The largest absolute Gasteiger partial charge is 0.496 e. The van der Waals surface area contributed by atoms with Crippen LogP contribution in [-0.2, 0) is 16.2 Å². The fourth-order valence-electron chi connectivity index (χ4n) is 10.1. The Morgan fingerprint density at radius 2 is 1.64 bits per heavy atom. The van der Waals surface area contributed by atoms with Crippen LogP contribution in [-0.4, -0.2) is 85.7 Å². The minimum Gasteiger partial charge on any atom is -0.496 e. The standard InChI is InChI=1S/C48H60N4O6/c1-29-40-24-36(48(40,3)4)25-41(29)50-47(56)44-43(30(2)54)42(28-53)58-52(44)27-33-19-14-20-38(45(33)57-7)34-21-35(23-37(22-34)51(5)6)46(55)49-26-39(31-15-10-8-11-16-31)32-17-12-9-13-18-32/h8-23,29-30,36,39-44,53-54H,24-28H2,1-7H3,(H,49,55)(H,50,56)/t29-,30-,36-,40-,41-,42-,43+,44-/m0/s1. The fourth-order valence-corrected chi connectivity index (χ4v) is 10.1. The molecule has 4 aromatic rings. The van der Waals surface area contributed by atoms with Gasteiger partial charge in [-0.2, -0.15) is 5.06 Å². The molecule has 2 bridgehead atoms. The van der Waals surface area contributed by atoms with Gasteiger partial charge in [-0.1, -0.05) is 99.6 Å². The summed E-state index contributed by atoms with van der Waals surface area (Å²) in [7, 11) is 5.50. The Morgan fingerprint density at radius 3 is 2.21 bits per heavy atom. The number of hydrogen-bond acceptors (Lipinski definition) is 8. The van der Waals surface area contributed by atoms with Gasteiger partial charge >= 0.3 is 0 Å². The van der Waals surface area contributed by atoms with E-state index in [0.717, 1.165) is 39.9 Å². The van der Waals surface area contributed by atoms with Crippen molar-refractivity contribution in [3.63, 3.8) is 0 Å². The van der Waals surface area contributed by atoms with Crippen molar-refractivity contribution in [1.29, 1.82) is 0 Å². The van der Waals surface area contributed by atoms with Crippen LogP contribution in [0.2, 0.25) is 0 Å². The molecule has 0 spiro atoms. The minimum atomic E-state index is -0.906. The van der Waals surface area contributed by atoms with Crippen LogP contribution >= 0.6 is 0 Å². The molecule has 1 aliphatic heterocycles. The molecule has 3 saturated carbocycles. The number of fused-ring (bicyclic) bond motifs is 2. The van der Waals surface area contributed by atoms with E-state index in [1.165, 1.54) is 6.42 Å². The van der Waals surface area contributed by atoms with Crippen molar-refractivity contribution in [2.75, 3.05) is 39.3 Å². The quantitative estimate of drug-likeness (QED) is 0.112. The lowest BCUT2D eigenvalue weighted by Crippen LogP contribution is -2.62. The van der Waals surface area contributed by atoms with Gasteiger partial charge in [0, 0.05) is 60.9 Å². The number of carbonyl (C=O) groups excluding carboxylic acids is 2. The normalized spacial score (nSPS) is 25.4. The highest BCUT2D eigenvalue weighted by Gasteiger charge is 2.57. The molecule has 4 N–H and O–H groups in total. The maximum atomic E-state index is 14.3. The third-order valence-corrected chi connectivity index (χ3v) is 13.6. The van der Waals surface area contributed by atoms with Crippen molar-refractivity contribution in [1.82, 2.24) is 15.7 Å². The Morgan fingerprint density at radius 1 is 0.966 bits per heavy atom. The van der Waals surface area contributed by atoms with Crippen LogP contribution in [0, 0.1) is 29.1 Å². The van der Waals surface area contributed by atoms with Crippen molar-refractivity contribution >= 4 is 17.5 Å². The fraction of sp³-hybridized carbons (Fsp3) is 0.458. The summed E-state index contributed by atoms with van der Waals surface area (Å²) >= 11 is 0. The number of hydrogen-bond donors (Lipinski definition) is 4. The molecule has 3 aliphatic carbocycles. The molecule has 4 aliphatic rings. The van der Waals surface area contributed by atoms with Crippen LogP contribution < -0.4 is 20.3 Å². The molecule has 0 aromatic heterocycles. The number of amides is 2. The van der Waals surface area contributed by atoms with Gasteiger partial charge in [-0.15, -0.1) is 0 Å². The maximum Gasteiger partial charge on any atom is 0.251 e. The Kier molecular flexibility index (Phi) is 12.3. The van der Waals surface area contributed by atoms with Crippen LogP contribution in [0.3, 0.4) is 0 Å². The number of nitrogens with one attached hydrogen (secondary N) is 2. The summed E-state index contributed by atoms with van der Waals surface area (Å²) in [6, 6.07) is 31.2. The van der Waals surface area contributed by atoms with Crippen molar-refractivity contribution < 1.29 is 29.4 Å². The van der Waals surface area contributed by atoms with Gasteiger partial charge < -0.3 is 30.5 Å². The molecule has 1 saturated heterocycles. The number of anilines is 1. The molecule has 2 amide bonds. The third-order valence-electron chi connectivity index (χ3n) is 13.6. The Labute approximate surface area is 343 Å². The topological polar surface area (TPSA) is 124 Å². The predicted molar refractivity (Wildman–Crippen MR) is 227 cm³/mol. The molecule has 58 heavy (non-hydrogen) atoms. The Hall–Kier alpha value is -4.74. The number of carbonyl (C=O) groups is 2. The van der Waals surface area contributed by atoms with E-state index in [1.807, 2.05) is 91.8 Å². The summed E-state index contributed by atoms with van der Waals surface area (Å²) in [5.41, 5.74) is 6.19. The third kappa shape index (κ3) is 8.12. The number of aliphatic hydroxyl groups is 2. The van der Waals surface area contributed by atoms with Crippen molar-refractivity contribution in [3.8, 4) is 16.9 Å². The van der Waals surface area contributed by atoms with E-state index in [9.17, 15) is 19.8 Å². The van der Waals surface area contributed by atoms with Crippen LogP contribution in [0.4, 0.5) is 5.69 Å². The van der Waals surface area contributed by atoms with Gasteiger partial charge in [0.1, 0.15) is 17.9 Å². The first-order valence-corrected chi connectivity index (χ1v) is 20.7. The van der Waals surface area contributed by atoms with Crippen molar-refractivity contribution in [3.05, 3.63) is 119 Å². The molecule has 4 fully saturated rings. The molecule has 0 unspecified atom stereocenters. The zero-order chi connectivity index (χ0) is 41.3. The molecule has 10 nitrogen and oxygen atoms in total. The van der Waals surface area contributed by atoms with Gasteiger partial charge in [0.2, 0.25) is 5.91 Å². The molecule has 8 atom stereocenters. The zero-order valence-electron chi connectivity index (χ0n) is 34.9. The van der Waals surface area contributed by atoms with Gasteiger partial charge in [-0.05, 0) is 77.8 Å². The smallest absolute Gasteiger partial charge is 0.251 e. The number of ether oxygens (including phenoxy) is 1. The van der Waals surface area contributed by atoms with E-state index in [-0.39, 0.29) is 42.3 Å². The lowest BCUT2D eigenvalue weighted by atomic mass is 9.45. The van der Waals surface area contributed by atoms with Crippen molar-refractivity contribution in [2.45, 2.75) is 77.3 Å². The number of aliphatic hydroxyl groups excluding tert-OH is 2. The first-order valence-electron chi connectivity index (χ1n) is 20.7. The summed E-state index contributed by atoms with van der Waals surface area (Å²) in [5.74, 6) is 0.950. The molecule has 308 valence electrons. The average molecular weight is 789 g/mol. The first kappa shape index (κ1) is 41.4. The van der Waals surface area contributed by atoms with Gasteiger partial charge in [0.15, 0.2) is 0 Å². The van der Waals surface area contributed by atoms with Crippen LogP contribution in [0.25, 0.3) is 11.1 Å². The van der Waals surface area contributed by atoms with E-state index in [4.69, 9.17) is 9.57 Å². The summed E-state index contributed by atoms with van der Waals surface area (Å²) in [5, 5.41) is 29.6.